The molecule has 1 aromatic heterocycles. The molecule has 1 saturated heterocycles. The summed E-state index contributed by atoms with van der Waals surface area (Å²) in [5, 5.41) is 3.04. The van der Waals surface area contributed by atoms with Crippen LogP contribution in [0.15, 0.2) is 0 Å². The smallest absolute Gasteiger partial charge is 0.355 e. The lowest BCUT2D eigenvalue weighted by Crippen LogP contribution is -2.44. The molecule has 0 bridgehead atoms. The zero-order chi connectivity index (χ0) is 21.6. The Labute approximate surface area is 173 Å². The van der Waals surface area contributed by atoms with Crippen molar-refractivity contribution in [1.29, 1.82) is 0 Å². The van der Waals surface area contributed by atoms with Crippen LogP contribution < -0.4 is 5.32 Å². The van der Waals surface area contributed by atoms with E-state index in [0.717, 1.165) is 23.2 Å². The highest BCUT2D eigenvalue weighted by Gasteiger charge is 2.28. The molecule has 0 unspecified atom stereocenters. The maximum absolute atomic E-state index is 12.7. The number of rotatable bonds is 8. The van der Waals surface area contributed by atoms with Gasteiger partial charge in [0.05, 0.1) is 6.61 Å². The van der Waals surface area contributed by atoms with E-state index in [2.05, 4.69) is 17.2 Å². The molecule has 29 heavy (non-hydrogen) atoms. The van der Waals surface area contributed by atoms with Crippen LogP contribution in [0.5, 0.6) is 0 Å². The van der Waals surface area contributed by atoms with Crippen LogP contribution in [0.1, 0.15) is 73.8 Å². The predicted octanol–water partition coefficient (Wildman–Crippen LogP) is 2.89. The second-order valence-corrected chi connectivity index (χ2v) is 7.92. The molecule has 7 heteroatoms. The highest BCUT2D eigenvalue weighted by Crippen LogP contribution is 2.22. The normalized spacial score (nSPS) is 15.8. The Hall–Kier alpha value is -2.31. The summed E-state index contributed by atoms with van der Waals surface area (Å²) in [5.74, 6) is -0.155. The lowest BCUT2D eigenvalue weighted by molar-refractivity contribution is -0.135. The van der Waals surface area contributed by atoms with Gasteiger partial charge in [-0.25, -0.2) is 4.79 Å². The molecule has 0 saturated carbocycles. The number of aryl methyl sites for hydroxylation is 1. The number of likely N-dealkylation sites (tertiary alicyclic amines) is 1. The van der Waals surface area contributed by atoms with E-state index in [1.165, 1.54) is 0 Å². The maximum Gasteiger partial charge on any atom is 0.355 e. The van der Waals surface area contributed by atoms with E-state index in [4.69, 9.17) is 4.74 Å². The van der Waals surface area contributed by atoms with E-state index in [9.17, 15) is 14.4 Å². The molecule has 1 atom stereocenters. The topological polar surface area (TPSA) is 91.5 Å². The Bertz CT molecular complexity index is 733. The summed E-state index contributed by atoms with van der Waals surface area (Å²) in [6.45, 7) is 11.2. The van der Waals surface area contributed by atoms with Crippen LogP contribution in [0.4, 0.5) is 0 Å². The molecule has 0 spiro atoms. The summed E-state index contributed by atoms with van der Waals surface area (Å²) in [5.41, 5.74) is 3.23. The first-order valence-electron chi connectivity index (χ1n) is 10.7. The van der Waals surface area contributed by atoms with E-state index in [1.54, 1.807) is 6.92 Å². The van der Waals surface area contributed by atoms with Crippen LogP contribution in [0.3, 0.4) is 0 Å². The Morgan fingerprint density at radius 3 is 2.45 bits per heavy atom. The summed E-state index contributed by atoms with van der Waals surface area (Å²) >= 11 is 0. The zero-order valence-corrected chi connectivity index (χ0v) is 18.4. The Morgan fingerprint density at radius 2 is 1.86 bits per heavy atom. The second-order valence-electron chi connectivity index (χ2n) is 7.92. The number of H-pyrrole nitrogens is 1. The number of aromatic nitrogens is 1. The van der Waals surface area contributed by atoms with Crippen molar-refractivity contribution in [2.24, 2.45) is 5.92 Å². The van der Waals surface area contributed by atoms with Crippen molar-refractivity contribution in [3.8, 4) is 0 Å². The van der Waals surface area contributed by atoms with Gasteiger partial charge in [-0.1, -0.05) is 6.92 Å². The van der Waals surface area contributed by atoms with Crippen molar-refractivity contribution >= 4 is 17.8 Å². The fraction of sp³-hybridized carbons (Fsp3) is 0.682. The summed E-state index contributed by atoms with van der Waals surface area (Å²) in [4.78, 5) is 41.9. The number of aromatic amines is 1. The number of carbonyl (C=O) groups is 3. The fourth-order valence-corrected chi connectivity index (χ4v) is 3.82. The summed E-state index contributed by atoms with van der Waals surface area (Å²) < 4.78 is 5.08. The molecule has 1 aliphatic rings. The summed E-state index contributed by atoms with van der Waals surface area (Å²) in [6, 6.07) is 0.189. The summed E-state index contributed by atoms with van der Waals surface area (Å²) in [7, 11) is 0. The number of hydrogen-bond donors (Lipinski definition) is 2. The van der Waals surface area contributed by atoms with Crippen LogP contribution in [0.25, 0.3) is 0 Å². The van der Waals surface area contributed by atoms with Gasteiger partial charge in [-0.15, -0.1) is 0 Å². The van der Waals surface area contributed by atoms with Crippen molar-refractivity contribution in [1.82, 2.24) is 15.2 Å². The maximum atomic E-state index is 12.7. The van der Waals surface area contributed by atoms with Gasteiger partial charge in [-0.2, -0.15) is 0 Å². The SMILES string of the molecule is CCOC(=O)c1[nH]c(C)c(CCC(=O)N2CCC(C(=O)N[C@@H](C)CC)CC2)c1C. The molecule has 162 valence electrons. The van der Waals surface area contributed by atoms with Crippen molar-refractivity contribution in [3.63, 3.8) is 0 Å². The number of esters is 1. The third kappa shape index (κ3) is 5.84. The molecule has 0 aromatic carbocycles. The van der Waals surface area contributed by atoms with Gasteiger partial charge in [0, 0.05) is 37.2 Å². The number of hydrogen-bond acceptors (Lipinski definition) is 4. The van der Waals surface area contributed by atoms with Gasteiger partial charge < -0.3 is 19.9 Å². The molecule has 1 aliphatic heterocycles. The lowest BCUT2D eigenvalue weighted by atomic mass is 9.95. The van der Waals surface area contributed by atoms with Crippen LogP contribution >= 0.6 is 0 Å². The molecular formula is C22H35N3O4. The number of nitrogens with one attached hydrogen (secondary N) is 2. The highest BCUT2D eigenvalue weighted by molar-refractivity contribution is 5.90. The van der Waals surface area contributed by atoms with Gasteiger partial charge >= 0.3 is 5.97 Å². The van der Waals surface area contributed by atoms with E-state index in [-0.39, 0.29) is 29.7 Å². The van der Waals surface area contributed by atoms with E-state index in [0.29, 0.717) is 51.1 Å². The molecule has 2 heterocycles. The van der Waals surface area contributed by atoms with Crippen LogP contribution in [-0.4, -0.2) is 53.4 Å². The van der Waals surface area contributed by atoms with Gasteiger partial charge in [0.25, 0.3) is 0 Å². The largest absolute Gasteiger partial charge is 0.461 e. The molecule has 1 aromatic rings. The third-order valence-electron chi connectivity index (χ3n) is 5.88. The molecule has 2 amide bonds. The van der Waals surface area contributed by atoms with Crippen LogP contribution in [0.2, 0.25) is 0 Å². The number of nitrogens with zero attached hydrogens (tertiary/aromatic N) is 1. The van der Waals surface area contributed by atoms with E-state index in [1.807, 2.05) is 25.7 Å². The molecule has 1 fully saturated rings. The number of carbonyl (C=O) groups excluding carboxylic acids is 3. The van der Waals surface area contributed by atoms with Gasteiger partial charge in [0.15, 0.2) is 0 Å². The average molecular weight is 406 g/mol. The highest BCUT2D eigenvalue weighted by atomic mass is 16.5. The molecular weight excluding hydrogens is 370 g/mol. The summed E-state index contributed by atoms with van der Waals surface area (Å²) in [6.07, 6.45) is 3.32. The van der Waals surface area contributed by atoms with Crippen molar-refractivity contribution in [2.45, 2.75) is 72.8 Å². The molecule has 7 nitrogen and oxygen atoms in total. The Kier molecular flexibility index (Phi) is 8.29. The van der Waals surface area contributed by atoms with Gasteiger partial charge in [-0.3, -0.25) is 9.59 Å². The lowest BCUT2D eigenvalue weighted by Gasteiger charge is -2.32. The van der Waals surface area contributed by atoms with Crippen LogP contribution in [0, 0.1) is 19.8 Å². The monoisotopic (exact) mass is 405 g/mol. The first kappa shape index (κ1) is 23.0. The van der Waals surface area contributed by atoms with E-state index < -0.39 is 0 Å². The zero-order valence-electron chi connectivity index (χ0n) is 18.4. The number of ether oxygens (including phenoxy) is 1. The number of amides is 2. The Balaban J connectivity index is 1.87. The molecule has 2 rings (SSSR count). The number of piperidine rings is 1. The minimum atomic E-state index is -0.358. The molecule has 2 N–H and O–H groups in total. The molecule has 0 radical (unpaired) electrons. The van der Waals surface area contributed by atoms with Crippen molar-refractivity contribution in [2.75, 3.05) is 19.7 Å². The van der Waals surface area contributed by atoms with Crippen molar-refractivity contribution < 1.29 is 19.1 Å². The van der Waals surface area contributed by atoms with Crippen LogP contribution in [-0.2, 0) is 20.7 Å². The van der Waals surface area contributed by atoms with Gasteiger partial charge in [0.2, 0.25) is 11.8 Å². The van der Waals surface area contributed by atoms with Gasteiger partial charge in [-0.05, 0) is 64.5 Å². The standard InChI is InChI=1S/C22H35N3O4/c1-6-14(3)23-21(27)17-10-12-25(13-11-17)19(26)9-8-18-15(4)20(24-16(18)5)22(28)29-7-2/h14,17,24H,6-13H2,1-5H3,(H,23,27)/t14-/m0/s1. The Morgan fingerprint density at radius 1 is 1.21 bits per heavy atom. The predicted molar refractivity (Wildman–Crippen MR) is 112 cm³/mol. The second kappa shape index (κ2) is 10.5. The van der Waals surface area contributed by atoms with Gasteiger partial charge in [0.1, 0.15) is 5.69 Å². The first-order chi connectivity index (χ1) is 13.8. The quantitative estimate of drug-likeness (QED) is 0.651. The third-order valence-corrected chi connectivity index (χ3v) is 5.88. The van der Waals surface area contributed by atoms with E-state index >= 15 is 0 Å². The fourth-order valence-electron chi connectivity index (χ4n) is 3.82. The molecule has 0 aliphatic carbocycles. The minimum absolute atomic E-state index is 0.00523. The van der Waals surface area contributed by atoms with Crippen molar-refractivity contribution in [3.05, 3.63) is 22.5 Å². The first-order valence-corrected chi connectivity index (χ1v) is 10.7. The average Bonchev–Trinajstić information content (AvgIpc) is 3.00. The minimum Gasteiger partial charge on any atom is -0.461 e.